The van der Waals surface area contributed by atoms with Crippen LogP contribution in [0.5, 0.6) is 0 Å². The fourth-order valence-electron chi connectivity index (χ4n) is 2.91. The lowest BCUT2D eigenvalue weighted by atomic mass is 10.1. The molecule has 2 N–H and O–H groups in total. The molecule has 3 saturated heterocycles. The van der Waals surface area contributed by atoms with E-state index in [0.29, 0.717) is 6.61 Å². The van der Waals surface area contributed by atoms with Gasteiger partial charge in [0.05, 0.1) is 6.61 Å². The summed E-state index contributed by atoms with van der Waals surface area (Å²) in [6.45, 7) is 7.83. The molecular formula is C12H21NO6. The Kier molecular flexibility index (Phi) is 3.14. The minimum absolute atomic E-state index is 0.238. The Bertz CT molecular complexity index is 360. The second kappa shape index (κ2) is 4.36. The zero-order valence-corrected chi connectivity index (χ0v) is 11.6. The molecule has 0 radical (unpaired) electrons. The highest BCUT2D eigenvalue weighted by Gasteiger charge is 2.58. The van der Waals surface area contributed by atoms with E-state index in [1.165, 1.54) is 0 Å². The van der Waals surface area contributed by atoms with Gasteiger partial charge in [-0.25, -0.2) is 0 Å². The summed E-state index contributed by atoms with van der Waals surface area (Å²) in [6.07, 6.45) is -1.85. The van der Waals surface area contributed by atoms with Crippen LogP contribution in [0.2, 0.25) is 0 Å². The number of hydrogen-bond acceptors (Lipinski definition) is 7. The highest BCUT2D eigenvalue weighted by atomic mass is 16.8. The quantitative estimate of drug-likeness (QED) is 0.704. The topological polar surface area (TPSA) is 78.4 Å². The molecule has 0 aromatic carbocycles. The lowest BCUT2D eigenvalue weighted by Gasteiger charge is -2.26. The molecule has 0 aromatic heterocycles. The van der Waals surface area contributed by atoms with Gasteiger partial charge in [0.25, 0.3) is 0 Å². The molecule has 3 aliphatic heterocycles. The molecule has 3 heterocycles. The number of rotatable bonds is 2. The maximum Gasteiger partial charge on any atom is 0.164 e. The van der Waals surface area contributed by atoms with Crippen molar-refractivity contribution in [3.8, 4) is 0 Å². The van der Waals surface area contributed by atoms with Gasteiger partial charge in [-0.3, -0.25) is 0 Å². The van der Waals surface area contributed by atoms with Crippen molar-refractivity contribution in [3.05, 3.63) is 0 Å². The van der Waals surface area contributed by atoms with Gasteiger partial charge in [0, 0.05) is 0 Å². The first-order valence-electron chi connectivity index (χ1n) is 6.54. The summed E-state index contributed by atoms with van der Waals surface area (Å²) in [6, 6.07) is 0. The van der Waals surface area contributed by atoms with Crippen molar-refractivity contribution < 1.29 is 28.9 Å². The van der Waals surface area contributed by atoms with Gasteiger partial charge in [0.2, 0.25) is 0 Å². The normalized spacial score (nSPS) is 47.5. The molecule has 4 unspecified atom stereocenters. The minimum Gasteiger partial charge on any atom is -0.350 e. The van der Waals surface area contributed by atoms with Crippen LogP contribution in [0.25, 0.3) is 0 Å². The molecule has 3 rings (SSSR count). The average molecular weight is 275 g/mol. The van der Waals surface area contributed by atoms with Crippen LogP contribution in [0.1, 0.15) is 27.7 Å². The van der Waals surface area contributed by atoms with Gasteiger partial charge < -0.3 is 28.9 Å². The summed E-state index contributed by atoms with van der Waals surface area (Å²) in [7, 11) is 0. The molecule has 5 atom stereocenters. The average Bonchev–Trinajstić information content (AvgIpc) is 2.89. The lowest BCUT2D eigenvalue weighted by molar-refractivity contribution is -0.218. The zero-order valence-electron chi connectivity index (χ0n) is 11.6. The molecule has 0 aliphatic carbocycles. The van der Waals surface area contributed by atoms with E-state index in [9.17, 15) is 0 Å². The van der Waals surface area contributed by atoms with Crippen LogP contribution in [0.3, 0.4) is 0 Å². The van der Waals surface area contributed by atoms with Gasteiger partial charge in [-0.1, -0.05) is 0 Å². The summed E-state index contributed by atoms with van der Waals surface area (Å²) in [5, 5.41) is 9.16. The summed E-state index contributed by atoms with van der Waals surface area (Å²) in [5.41, 5.74) is 2.12. The highest BCUT2D eigenvalue weighted by molar-refractivity contribution is 5.00. The van der Waals surface area contributed by atoms with Gasteiger partial charge in [-0.05, 0) is 27.7 Å². The second-order valence-electron chi connectivity index (χ2n) is 6.08. The summed E-state index contributed by atoms with van der Waals surface area (Å²) in [5.74, 6) is -1.31. The van der Waals surface area contributed by atoms with E-state index >= 15 is 0 Å². The molecule has 7 heteroatoms. The van der Waals surface area contributed by atoms with Crippen LogP contribution in [0.15, 0.2) is 0 Å². The predicted molar refractivity (Wildman–Crippen MR) is 62.3 cm³/mol. The fraction of sp³-hybridized carbons (Fsp3) is 1.00. The number of nitrogens with one attached hydrogen (secondary N) is 1. The first-order chi connectivity index (χ1) is 8.81. The predicted octanol–water partition coefficient (Wildman–Crippen LogP) is 0.362. The van der Waals surface area contributed by atoms with E-state index in [0.717, 1.165) is 0 Å². The maximum absolute atomic E-state index is 9.16. The maximum atomic E-state index is 9.16. The minimum atomic E-state index is -0.693. The van der Waals surface area contributed by atoms with E-state index in [1.807, 2.05) is 27.7 Å². The van der Waals surface area contributed by atoms with Gasteiger partial charge in [-0.15, -0.1) is 0 Å². The largest absolute Gasteiger partial charge is 0.350 e. The van der Waals surface area contributed by atoms with E-state index < -0.39 is 17.8 Å². The number of ether oxygens (including phenoxy) is 5. The Morgan fingerprint density at radius 3 is 2.21 bits per heavy atom. The summed E-state index contributed by atoms with van der Waals surface area (Å²) >= 11 is 0. The lowest BCUT2D eigenvalue weighted by Crippen LogP contribution is -2.40. The first-order valence-corrected chi connectivity index (χ1v) is 6.54. The van der Waals surface area contributed by atoms with Crippen LogP contribution in [0.4, 0.5) is 0 Å². The van der Waals surface area contributed by atoms with E-state index in [1.54, 1.807) is 0 Å². The fourth-order valence-corrected chi connectivity index (χ4v) is 2.91. The van der Waals surface area contributed by atoms with Crippen molar-refractivity contribution in [1.29, 1.82) is 0 Å². The van der Waals surface area contributed by atoms with E-state index in [2.05, 4.69) is 5.48 Å². The molecule has 0 spiro atoms. The Hall–Kier alpha value is -0.280. The van der Waals surface area contributed by atoms with Crippen LogP contribution < -0.4 is 5.48 Å². The molecule has 7 nitrogen and oxygen atoms in total. The van der Waals surface area contributed by atoms with Crippen molar-refractivity contribution in [1.82, 2.24) is 5.48 Å². The second-order valence-corrected chi connectivity index (χ2v) is 6.08. The summed E-state index contributed by atoms with van der Waals surface area (Å²) < 4.78 is 28.7. The zero-order chi connectivity index (χ0) is 13.8. The van der Waals surface area contributed by atoms with Gasteiger partial charge >= 0.3 is 0 Å². The molecule has 0 amide bonds. The molecule has 3 fully saturated rings. The SMILES string of the molecule is CC1(C)OC2C(NO)OC([C@H]3COC(C)(C)O3)C2O1. The van der Waals surface area contributed by atoms with Crippen LogP contribution in [-0.2, 0) is 23.7 Å². The van der Waals surface area contributed by atoms with Crippen molar-refractivity contribution in [3.63, 3.8) is 0 Å². The Balaban J connectivity index is 1.76. The molecule has 110 valence electrons. The monoisotopic (exact) mass is 275 g/mol. The van der Waals surface area contributed by atoms with Crippen molar-refractivity contribution in [2.75, 3.05) is 6.61 Å². The van der Waals surface area contributed by atoms with Crippen LogP contribution in [0, 0.1) is 0 Å². The van der Waals surface area contributed by atoms with Gasteiger partial charge in [-0.2, -0.15) is 5.48 Å². The van der Waals surface area contributed by atoms with Crippen LogP contribution >= 0.6 is 0 Å². The molecule has 19 heavy (non-hydrogen) atoms. The molecular weight excluding hydrogens is 254 g/mol. The Morgan fingerprint density at radius 1 is 0.947 bits per heavy atom. The number of hydroxylamine groups is 1. The molecule has 0 bridgehead atoms. The third-order valence-corrected chi connectivity index (χ3v) is 3.61. The van der Waals surface area contributed by atoms with Gasteiger partial charge in [0.1, 0.15) is 24.4 Å². The Morgan fingerprint density at radius 2 is 1.63 bits per heavy atom. The third kappa shape index (κ3) is 2.40. The van der Waals surface area contributed by atoms with E-state index in [4.69, 9.17) is 28.9 Å². The first kappa shape index (κ1) is 13.7. The van der Waals surface area contributed by atoms with Gasteiger partial charge in [0.15, 0.2) is 17.8 Å². The van der Waals surface area contributed by atoms with Crippen molar-refractivity contribution in [2.24, 2.45) is 0 Å². The standard InChI is InChI=1S/C12H21NO6/c1-11(2)15-5-6(17-11)7-8-9(10(13-14)16-7)19-12(3,4)18-8/h6-10,13-14H,5H2,1-4H3/t6-,7?,8?,9?,10?/m1/s1. The number of fused-ring (bicyclic) bond motifs is 1. The summed E-state index contributed by atoms with van der Waals surface area (Å²) in [4.78, 5) is 0. The molecule has 0 saturated carbocycles. The molecule has 3 aliphatic rings. The molecule has 0 aromatic rings. The third-order valence-electron chi connectivity index (χ3n) is 3.61. The van der Waals surface area contributed by atoms with Crippen LogP contribution in [-0.4, -0.2) is 54.0 Å². The van der Waals surface area contributed by atoms with Crippen molar-refractivity contribution >= 4 is 0 Å². The number of hydrogen-bond donors (Lipinski definition) is 2. The van der Waals surface area contributed by atoms with E-state index in [-0.39, 0.29) is 24.4 Å². The van der Waals surface area contributed by atoms with Crippen molar-refractivity contribution in [2.45, 2.75) is 69.9 Å². The smallest absolute Gasteiger partial charge is 0.164 e. The Labute approximate surface area is 112 Å². The highest BCUT2D eigenvalue weighted by Crippen LogP contribution is 2.41.